The van der Waals surface area contributed by atoms with Crippen LogP contribution in [0.15, 0.2) is 112 Å². The maximum atomic E-state index is 13.6. The Morgan fingerprint density at radius 2 is 1.63 bits per heavy atom. The number of aromatic nitrogens is 7. The van der Waals surface area contributed by atoms with Crippen molar-refractivity contribution in [2.24, 2.45) is 12.0 Å². The summed E-state index contributed by atoms with van der Waals surface area (Å²) in [6, 6.07) is 29.1. The molecule has 12 nitrogen and oxygen atoms in total. The number of nitrogens with one attached hydrogen (secondary N) is 1. The molecule has 0 aliphatic rings. The smallest absolute Gasteiger partial charge is 0.343 e. The van der Waals surface area contributed by atoms with Gasteiger partial charge in [-0.15, -0.1) is 11.8 Å². The lowest BCUT2D eigenvalue weighted by Gasteiger charge is -2.10. The summed E-state index contributed by atoms with van der Waals surface area (Å²) in [5.41, 5.74) is 3.11. The van der Waals surface area contributed by atoms with Crippen LogP contribution in [0.2, 0.25) is 0 Å². The fourth-order valence-corrected chi connectivity index (χ4v) is 6.76. The van der Waals surface area contributed by atoms with Crippen LogP contribution in [0.25, 0.3) is 44.6 Å². The first-order chi connectivity index (χ1) is 23.9. The number of carbonyl (C=O) groups excluding carboxylic acids is 2. The highest BCUT2D eigenvalue weighted by Crippen LogP contribution is 2.37. The van der Waals surface area contributed by atoms with Gasteiger partial charge in [0.15, 0.2) is 10.8 Å². The van der Waals surface area contributed by atoms with Crippen LogP contribution in [-0.4, -0.2) is 58.8 Å². The zero-order chi connectivity index (χ0) is 34.1. The van der Waals surface area contributed by atoms with Gasteiger partial charge in [0.2, 0.25) is 4.80 Å². The van der Waals surface area contributed by atoms with E-state index >= 15 is 0 Å². The molecule has 0 saturated carbocycles. The van der Waals surface area contributed by atoms with E-state index < -0.39 is 17.4 Å². The van der Waals surface area contributed by atoms with Gasteiger partial charge < -0.3 is 14.3 Å². The van der Waals surface area contributed by atoms with E-state index in [0.29, 0.717) is 38.5 Å². The fraction of sp³-hybridized carbons (Fsp3) is 0.114. The average molecular weight is 689 g/mol. The number of H-pyrrole nitrogens is 1. The Morgan fingerprint density at radius 3 is 2.33 bits per heavy atom. The van der Waals surface area contributed by atoms with Gasteiger partial charge in [0.05, 0.1) is 34.6 Å². The van der Waals surface area contributed by atoms with Crippen molar-refractivity contribution in [2.45, 2.75) is 11.9 Å². The Kier molecular flexibility index (Phi) is 8.63. The molecule has 0 saturated heterocycles. The third-order valence-corrected chi connectivity index (χ3v) is 9.26. The maximum Gasteiger partial charge on any atom is 0.343 e. The van der Waals surface area contributed by atoms with Gasteiger partial charge in [0.25, 0.3) is 11.5 Å². The maximum absolute atomic E-state index is 13.6. The van der Waals surface area contributed by atoms with E-state index in [-0.39, 0.29) is 17.0 Å². The summed E-state index contributed by atoms with van der Waals surface area (Å²) in [5.74, 6) is -0.0770. The van der Waals surface area contributed by atoms with Gasteiger partial charge in [0.1, 0.15) is 16.4 Å². The van der Waals surface area contributed by atoms with Crippen molar-refractivity contribution >= 4 is 46.0 Å². The van der Waals surface area contributed by atoms with Gasteiger partial charge in [-0.2, -0.15) is 19.9 Å². The third kappa shape index (κ3) is 5.91. The Hall–Kier alpha value is -5.86. The molecule has 7 rings (SSSR count). The van der Waals surface area contributed by atoms with Gasteiger partial charge >= 0.3 is 5.97 Å². The fourth-order valence-electron chi connectivity index (χ4n) is 5.34. The highest BCUT2D eigenvalue weighted by Gasteiger charge is 2.28. The molecule has 7 aromatic rings. The van der Waals surface area contributed by atoms with E-state index in [2.05, 4.69) is 9.98 Å². The second-order valence-electron chi connectivity index (χ2n) is 10.7. The number of carbonyl (C=O) groups is 2. The molecule has 0 bridgehead atoms. The normalized spacial score (nSPS) is 11.7. The van der Waals surface area contributed by atoms with Gasteiger partial charge in [-0.1, -0.05) is 59.9 Å². The van der Waals surface area contributed by atoms with Crippen molar-refractivity contribution in [2.75, 3.05) is 12.9 Å². The number of esters is 1. The number of benzene rings is 3. The van der Waals surface area contributed by atoms with Crippen LogP contribution in [0.1, 0.15) is 27.6 Å². The molecule has 3 aromatic carbocycles. The molecule has 0 aliphatic heterocycles. The number of para-hydroxylation sites is 3. The second-order valence-corrected chi connectivity index (χ2v) is 12.4. The quantitative estimate of drug-likeness (QED) is 0.159. The Labute approximate surface area is 287 Å². The first-order valence-electron chi connectivity index (χ1n) is 15.2. The predicted molar refractivity (Wildman–Crippen MR) is 188 cm³/mol. The van der Waals surface area contributed by atoms with Crippen LogP contribution in [0.4, 0.5) is 0 Å². The number of aromatic amines is 1. The Morgan fingerprint density at radius 1 is 0.918 bits per heavy atom. The number of fused-ring (bicyclic) bond motifs is 1. The van der Waals surface area contributed by atoms with Crippen molar-refractivity contribution in [1.29, 1.82) is 0 Å². The van der Waals surface area contributed by atoms with Crippen LogP contribution in [-0.2, 0) is 11.8 Å². The first-order valence-corrected chi connectivity index (χ1v) is 17.2. The number of pyridine rings is 1. The predicted octanol–water partition coefficient (Wildman–Crippen LogP) is 5.67. The highest BCUT2D eigenvalue weighted by molar-refractivity contribution is 7.98. The average Bonchev–Trinajstić information content (AvgIpc) is 3.82. The third-order valence-electron chi connectivity index (χ3n) is 7.65. The lowest BCUT2D eigenvalue weighted by Crippen LogP contribution is -2.21. The molecule has 4 aromatic heterocycles. The van der Waals surface area contributed by atoms with Crippen LogP contribution in [0, 0.1) is 0 Å². The number of thioether (sulfide) groups is 1. The first kappa shape index (κ1) is 31.7. The van der Waals surface area contributed by atoms with E-state index in [1.54, 1.807) is 46.6 Å². The molecule has 1 N–H and O–H groups in total. The summed E-state index contributed by atoms with van der Waals surface area (Å²) < 4.78 is 10.3. The molecular formula is C35H28N8O4S2. The molecule has 0 aliphatic carbocycles. The minimum Gasteiger partial charge on any atom is -0.462 e. The number of imidazole rings is 1. The van der Waals surface area contributed by atoms with Crippen molar-refractivity contribution in [1.82, 2.24) is 34.1 Å². The number of amides is 1. The van der Waals surface area contributed by atoms with Crippen LogP contribution in [0.3, 0.4) is 0 Å². The van der Waals surface area contributed by atoms with Crippen molar-refractivity contribution in [3.05, 3.63) is 123 Å². The topological polar surface area (TPSA) is 142 Å². The van der Waals surface area contributed by atoms with Gasteiger partial charge in [-0.3, -0.25) is 9.59 Å². The minimum atomic E-state index is -0.725. The molecule has 0 unspecified atom stereocenters. The number of hydrogen-bond acceptors (Lipinski definition) is 9. The van der Waals surface area contributed by atoms with E-state index in [4.69, 9.17) is 19.9 Å². The largest absolute Gasteiger partial charge is 0.462 e. The monoisotopic (exact) mass is 688 g/mol. The molecule has 0 spiro atoms. The molecule has 0 atom stereocenters. The van der Waals surface area contributed by atoms with E-state index in [0.717, 1.165) is 28.1 Å². The van der Waals surface area contributed by atoms with Crippen LogP contribution in [0.5, 0.6) is 0 Å². The zero-order valence-electron chi connectivity index (χ0n) is 26.5. The number of hydrogen-bond donors (Lipinski definition) is 1. The molecule has 49 heavy (non-hydrogen) atoms. The van der Waals surface area contributed by atoms with E-state index in [1.165, 1.54) is 17.8 Å². The lowest BCUT2D eigenvalue weighted by atomic mass is 10.2. The number of rotatable bonds is 8. The summed E-state index contributed by atoms with van der Waals surface area (Å²) in [5, 5.41) is 11.0. The molecule has 244 valence electrons. The van der Waals surface area contributed by atoms with Gasteiger partial charge in [0, 0.05) is 12.6 Å². The summed E-state index contributed by atoms with van der Waals surface area (Å²) in [4.78, 5) is 51.5. The molecule has 0 fully saturated rings. The van der Waals surface area contributed by atoms with E-state index in [1.807, 2.05) is 78.5 Å². The molecule has 0 radical (unpaired) electrons. The molecule has 4 heterocycles. The van der Waals surface area contributed by atoms with Gasteiger partial charge in [-0.25, -0.2) is 14.5 Å². The van der Waals surface area contributed by atoms with Crippen molar-refractivity contribution in [3.63, 3.8) is 0 Å². The molecule has 1 amide bonds. The Bertz CT molecular complexity index is 2480. The SMILES string of the molecule is CCOC(=O)c1ccc(-c2nn(-c3c(-c4nc5ccccc5n4C)c(SC)nn3-c3ccccc3)c(=NC(=O)c3ccccc3)s2)[nH]c1=O. The van der Waals surface area contributed by atoms with Crippen LogP contribution >= 0.6 is 23.1 Å². The standard InChI is InChI=1S/C35H28N8O4S2/c1-4-47-34(46)23-19-20-25(37-30(23)45)31-39-43(35(49-31)38-29(44)21-13-7-5-8-14-21)33-27(28-36-24-17-11-12-18-26(24)41(28)2)32(48-3)40-42(33)22-15-9-6-10-16-22/h5-20H,4H2,1-3H3,(H,37,45). The summed E-state index contributed by atoms with van der Waals surface area (Å²) in [6.45, 7) is 1.80. The molecular weight excluding hydrogens is 661 g/mol. The van der Waals surface area contributed by atoms with Crippen molar-refractivity contribution < 1.29 is 14.3 Å². The lowest BCUT2D eigenvalue weighted by molar-refractivity contribution is 0.0524. The second kappa shape index (κ2) is 13.3. The minimum absolute atomic E-state index is 0.130. The summed E-state index contributed by atoms with van der Waals surface area (Å²) in [7, 11) is 1.94. The van der Waals surface area contributed by atoms with Crippen molar-refractivity contribution in [3.8, 4) is 33.6 Å². The highest BCUT2D eigenvalue weighted by atomic mass is 32.2. The number of nitrogens with zero attached hydrogens (tertiary/aromatic N) is 7. The van der Waals surface area contributed by atoms with Crippen LogP contribution < -0.4 is 10.4 Å². The van der Waals surface area contributed by atoms with E-state index in [9.17, 15) is 14.4 Å². The summed E-state index contributed by atoms with van der Waals surface area (Å²) >= 11 is 2.55. The Balaban J connectivity index is 1.53. The number of aryl methyl sites for hydroxylation is 1. The van der Waals surface area contributed by atoms with Gasteiger partial charge in [-0.05, 0) is 61.7 Å². The zero-order valence-corrected chi connectivity index (χ0v) is 28.2. The summed E-state index contributed by atoms with van der Waals surface area (Å²) in [6.07, 6.45) is 1.94. The number of ether oxygens (including phenoxy) is 1. The molecule has 14 heteroatoms.